The van der Waals surface area contributed by atoms with Crippen molar-refractivity contribution in [2.24, 2.45) is 5.92 Å². The van der Waals surface area contributed by atoms with Crippen LogP contribution in [0, 0.1) is 5.92 Å². The number of nitrogens with zero attached hydrogens (tertiary/aromatic N) is 1. The molecule has 0 spiro atoms. The van der Waals surface area contributed by atoms with Gasteiger partial charge >= 0.3 is 0 Å². The molecule has 0 unspecified atom stereocenters. The Morgan fingerprint density at radius 3 is 2.84 bits per heavy atom. The van der Waals surface area contributed by atoms with Crippen molar-refractivity contribution in [2.45, 2.75) is 64.0 Å². The quantitative estimate of drug-likeness (QED) is 0.730. The van der Waals surface area contributed by atoms with Gasteiger partial charge in [-0.3, -0.25) is 4.79 Å². The molecule has 0 radical (unpaired) electrons. The summed E-state index contributed by atoms with van der Waals surface area (Å²) in [5.41, 5.74) is 1.24. The Morgan fingerprint density at radius 2 is 2.04 bits per heavy atom. The minimum absolute atomic E-state index is 0.378. The summed E-state index contributed by atoms with van der Waals surface area (Å²) in [7, 11) is 1.70. The summed E-state index contributed by atoms with van der Waals surface area (Å²) in [6.45, 7) is 2.80. The molecule has 1 aromatic rings. The average Bonchev–Trinajstić information content (AvgIpc) is 3.00. The maximum absolute atomic E-state index is 12.3. The lowest BCUT2D eigenvalue weighted by atomic mass is 9.88. The first kappa shape index (κ1) is 18.2. The molecule has 0 bridgehead atoms. The fourth-order valence-electron chi connectivity index (χ4n) is 4.28. The van der Waals surface area contributed by atoms with E-state index < -0.39 is 0 Å². The summed E-state index contributed by atoms with van der Waals surface area (Å²) < 4.78 is 5.27. The zero-order chi connectivity index (χ0) is 17.5. The van der Waals surface area contributed by atoms with Crippen LogP contribution in [-0.2, 0) is 11.3 Å². The third-order valence-electron chi connectivity index (χ3n) is 5.75. The number of nitrogens with one attached hydrogen (secondary N) is 1. The minimum atomic E-state index is 0.378. The minimum Gasteiger partial charge on any atom is -0.497 e. The fourth-order valence-corrected chi connectivity index (χ4v) is 4.28. The van der Waals surface area contributed by atoms with E-state index >= 15 is 0 Å². The van der Waals surface area contributed by atoms with Crippen LogP contribution in [0.2, 0.25) is 0 Å². The third kappa shape index (κ3) is 5.21. The highest BCUT2D eigenvalue weighted by molar-refractivity contribution is 5.78. The van der Waals surface area contributed by atoms with E-state index in [0.29, 0.717) is 11.9 Å². The van der Waals surface area contributed by atoms with Crippen molar-refractivity contribution >= 4 is 5.91 Å². The molecule has 2 fully saturated rings. The number of benzene rings is 1. The second kappa shape index (κ2) is 9.23. The summed E-state index contributed by atoms with van der Waals surface area (Å²) in [5.74, 6) is 2.02. The van der Waals surface area contributed by atoms with Gasteiger partial charge in [0.2, 0.25) is 5.91 Å². The van der Waals surface area contributed by atoms with Crippen LogP contribution >= 0.6 is 0 Å². The lowest BCUT2D eigenvalue weighted by Crippen LogP contribution is -2.39. The predicted octanol–water partition coefficient (Wildman–Crippen LogP) is 3.75. The molecule has 1 aliphatic heterocycles. The predicted molar refractivity (Wildman–Crippen MR) is 101 cm³/mol. The first-order valence-electron chi connectivity index (χ1n) is 9.89. The Kier molecular flexibility index (Phi) is 6.74. The Bertz CT molecular complexity index is 555. The molecule has 1 saturated heterocycles. The van der Waals surface area contributed by atoms with Crippen molar-refractivity contribution in [1.82, 2.24) is 10.2 Å². The summed E-state index contributed by atoms with van der Waals surface area (Å²) in [5, 5.41) is 3.53. The molecular weight excluding hydrogens is 312 g/mol. The Balaban J connectivity index is 1.42. The van der Waals surface area contributed by atoms with E-state index in [2.05, 4.69) is 22.3 Å². The van der Waals surface area contributed by atoms with Gasteiger partial charge in [-0.25, -0.2) is 0 Å². The highest BCUT2D eigenvalue weighted by Crippen LogP contribution is 2.29. The molecular formula is C21H32N2O2. The maximum atomic E-state index is 12.3. The van der Waals surface area contributed by atoms with E-state index in [1.807, 2.05) is 12.1 Å². The van der Waals surface area contributed by atoms with E-state index in [-0.39, 0.29) is 0 Å². The molecule has 1 saturated carbocycles. The number of ether oxygens (including phenoxy) is 1. The Morgan fingerprint density at radius 1 is 1.20 bits per heavy atom. The molecule has 2 aliphatic rings. The van der Waals surface area contributed by atoms with Crippen LogP contribution in [0.4, 0.5) is 0 Å². The molecule has 1 N–H and O–H groups in total. The van der Waals surface area contributed by atoms with Gasteiger partial charge in [-0.15, -0.1) is 0 Å². The van der Waals surface area contributed by atoms with Crippen LogP contribution in [0.15, 0.2) is 24.3 Å². The molecule has 1 atom stereocenters. The van der Waals surface area contributed by atoms with Crippen LogP contribution in [0.3, 0.4) is 0 Å². The first-order chi connectivity index (χ1) is 12.3. The van der Waals surface area contributed by atoms with Gasteiger partial charge < -0.3 is 15.0 Å². The van der Waals surface area contributed by atoms with Gasteiger partial charge in [-0.2, -0.15) is 0 Å². The average molecular weight is 344 g/mol. The van der Waals surface area contributed by atoms with Gasteiger partial charge in [0.1, 0.15) is 5.75 Å². The highest BCUT2D eigenvalue weighted by Gasteiger charge is 2.32. The van der Waals surface area contributed by atoms with Gasteiger partial charge in [-0.05, 0) is 55.8 Å². The largest absolute Gasteiger partial charge is 0.497 e. The second-order valence-corrected chi connectivity index (χ2v) is 7.56. The van der Waals surface area contributed by atoms with Crippen molar-refractivity contribution < 1.29 is 9.53 Å². The topological polar surface area (TPSA) is 41.6 Å². The molecule has 138 valence electrons. The van der Waals surface area contributed by atoms with Crippen LogP contribution in [-0.4, -0.2) is 37.0 Å². The van der Waals surface area contributed by atoms with Crippen LogP contribution in [0.1, 0.15) is 56.9 Å². The highest BCUT2D eigenvalue weighted by atomic mass is 16.5. The number of amides is 1. The van der Waals surface area contributed by atoms with E-state index in [9.17, 15) is 4.79 Å². The number of carbonyl (C=O) groups excluding carboxylic acids is 1. The van der Waals surface area contributed by atoms with Crippen molar-refractivity contribution in [3.63, 3.8) is 0 Å². The molecule has 0 aromatic heterocycles. The van der Waals surface area contributed by atoms with Gasteiger partial charge in [0.15, 0.2) is 0 Å². The summed E-state index contributed by atoms with van der Waals surface area (Å²) in [6.07, 6.45) is 9.53. The monoisotopic (exact) mass is 344 g/mol. The van der Waals surface area contributed by atoms with E-state index in [0.717, 1.165) is 50.6 Å². The third-order valence-corrected chi connectivity index (χ3v) is 5.75. The lowest BCUT2D eigenvalue weighted by molar-refractivity contribution is -0.129. The molecule has 1 aliphatic carbocycles. The van der Waals surface area contributed by atoms with E-state index in [1.54, 1.807) is 7.11 Å². The molecule has 3 rings (SSSR count). The number of hydrogen-bond donors (Lipinski definition) is 1. The summed E-state index contributed by atoms with van der Waals surface area (Å²) in [4.78, 5) is 14.5. The van der Waals surface area contributed by atoms with Gasteiger partial charge in [0.05, 0.1) is 7.11 Å². The normalized spacial score (nSPS) is 21.7. The summed E-state index contributed by atoms with van der Waals surface area (Å²) >= 11 is 0. The first-order valence-corrected chi connectivity index (χ1v) is 9.89. The van der Waals surface area contributed by atoms with Gasteiger partial charge in [0.25, 0.3) is 0 Å². The second-order valence-electron chi connectivity index (χ2n) is 7.56. The number of hydrogen-bond acceptors (Lipinski definition) is 3. The van der Waals surface area contributed by atoms with Crippen molar-refractivity contribution in [2.75, 3.05) is 20.2 Å². The Hall–Kier alpha value is -1.55. The standard InChI is InChI=1S/C21H32N2O2/c1-25-20-9-5-8-18(14-20)15-22-13-12-19-10-11-21(24)23(19)16-17-6-3-2-4-7-17/h5,8-9,14,17,19,22H,2-4,6-7,10-13,15-16H2,1H3/t19-/m1/s1. The van der Waals surface area contributed by atoms with Crippen LogP contribution in [0.25, 0.3) is 0 Å². The van der Waals surface area contributed by atoms with Crippen LogP contribution in [0.5, 0.6) is 5.75 Å². The number of methoxy groups -OCH3 is 1. The maximum Gasteiger partial charge on any atom is 0.222 e. The molecule has 25 heavy (non-hydrogen) atoms. The van der Waals surface area contributed by atoms with Gasteiger partial charge in [-0.1, -0.05) is 31.4 Å². The number of carbonyl (C=O) groups is 1. The Labute approximate surface area is 151 Å². The lowest BCUT2D eigenvalue weighted by Gasteiger charge is -2.31. The van der Waals surface area contributed by atoms with E-state index in [1.165, 1.54) is 37.7 Å². The van der Waals surface area contributed by atoms with E-state index in [4.69, 9.17) is 4.74 Å². The molecule has 4 nitrogen and oxygen atoms in total. The summed E-state index contributed by atoms with van der Waals surface area (Å²) in [6, 6.07) is 8.62. The SMILES string of the molecule is COc1cccc(CNCC[C@H]2CCC(=O)N2CC2CCCCC2)c1. The van der Waals surface area contributed by atoms with Crippen molar-refractivity contribution in [3.8, 4) is 5.75 Å². The zero-order valence-corrected chi connectivity index (χ0v) is 15.5. The number of likely N-dealkylation sites (tertiary alicyclic amines) is 1. The number of rotatable bonds is 8. The fraction of sp³-hybridized carbons (Fsp3) is 0.667. The van der Waals surface area contributed by atoms with Crippen LogP contribution < -0.4 is 10.1 Å². The van der Waals surface area contributed by atoms with Gasteiger partial charge in [0, 0.05) is 25.6 Å². The van der Waals surface area contributed by atoms with Crippen molar-refractivity contribution in [1.29, 1.82) is 0 Å². The smallest absolute Gasteiger partial charge is 0.222 e. The molecule has 1 heterocycles. The molecule has 4 heteroatoms. The zero-order valence-electron chi connectivity index (χ0n) is 15.5. The molecule has 1 aromatic carbocycles. The van der Waals surface area contributed by atoms with Crippen molar-refractivity contribution in [3.05, 3.63) is 29.8 Å². The molecule has 1 amide bonds.